The third kappa shape index (κ3) is 4.50. The normalized spacial score (nSPS) is 20.2. The lowest BCUT2D eigenvalue weighted by Gasteiger charge is -2.41. The van der Waals surface area contributed by atoms with E-state index in [-0.39, 0.29) is 24.9 Å². The van der Waals surface area contributed by atoms with Crippen molar-refractivity contribution in [3.05, 3.63) is 41.6 Å². The number of aromatic nitrogens is 2. The number of halogens is 3. The van der Waals surface area contributed by atoms with E-state index < -0.39 is 11.7 Å². The van der Waals surface area contributed by atoms with Gasteiger partial charge in [0.1, 0.15) is 17.2 Å². The summed E-state index contributed by atoms with van der Waals surface area (Å²) in [5, 5.41) is 4.81. The Hall–Kier alpha value is -2.35. The second-order valence-electron chi connectivity index (χ2n) is 9.52. The minimum atomic E-state index is -4.42. The van der Waals surface area contributed by atoms with Crippen LogP contribution in [0.3, 0.4) is 0 Å². The summed E-state index contributed by atoms with van der Waals surface area (Å²) in [6.07, 6.45) is 0.731. The van der Waals surface area contributed by atoms with Gasteiger partial charge in [-0.1, -0.05) is 14.0 Å². The van der Waals surface area contributed by atoms with E-state index in [0.717, 1.165) is 56.8 Å². The molecule has 3 fully saturated rings. The molecule has 0 amide bonds. The minimum absolute atomic E-state index is 0.141. The molecule has 3 aromatic rings. The molecule has 1 aromatic carbocycles. The summed E-state index contributed by atoms with van der Waals surface area (Å²) in [5.74, 6) is 1.38. The van der Waals surface area contributed by atoms with Gasteiger partial charge in [-0.05, 0) is 60.2 Å². The van der Waals surface area contributed by atoms with Crippen molar-refractivity contribution in [1.82, 2.24) is 14.9 Å². The van der Waals surface area contributed by atoms with Gasteiger partial charge in [0.2, 0.25) is 0 Å². The Kier molecular flexibility index (Phi) is 5.90. The third-order valence-electron chi connectivity index (χ3n) is 7.26. The van der Waals surface area contributed by atoms with Gasteiger partial charge in [0.15, 0.2) is 0 Å². The van der Waals surface area contributed by atoms with E-state index in [4.69, 9.17) is 9.47 Å². The zero-order valence-electron chi connectivity index (χ0n) is 19.5. The lowest BCUT2D eigenvalue weighted by Crippen LogP contribution is -2.52. The third-order valence-corrected chi connectivity index (χ3v) is 9.75. The van der Waals surface area contributed by atoms with Crippen molar-refractivity contribution in [2.75, 3.05) is 51.1 Å². The highest BCUT2D eigenvalue weighted by atomic mass is 31.1. The fourth-order valence-corrected chi connectivity index (χ4v) is 7.39. The van der Waals surface area contributed by atoms with E-state index in [1.807, 2.05) is 6.07 Å². The van der Waals surface area contributed by atoms with E-state index in [1.54, 1.807) is 13.2 Å². The molecule has 35 heavy (non-hydrogen) atoms. The van der Waals surface area contributed by atoms with Crippen LogP contribution in [0.4, 0.5) is 24.7 Å². The van der Waals surface area contributed by atoms with Crippen molar-refractivity contribution in [2.45, 2.75) is 31.0 Å². The fraction of sp³-hybridized carbons (Fsp3) is 0.480. The summed E-state index contributed by atoms with van der Waals surface area (Å²) in [7, 11) is 1.39. The van der Waals surface area contributed by atoms with Crippen LogP contribution in [0.2, 0.25) is 0 Å². The highest BCUT2D eigenvalue weighted by molar-refractivity contribution is 7.65. The maximum Gasteiger partial charge on any atom is 0.418 e. The number of anilines is 2. The van der Waals surface area contributed by atoms with Crippen LogP contribution in [0.1, 0.15) is 29.9 Å². The van der Waals surface area contributed by atoms with Crippen molar-refractivity contribution >= 4 is 35.8 Å². The van der Waals surface area contributed by atoms with Crippen LogP contribution in [-0.2, 0) is 10.9 Å². The Morgan fingerprint density at radius 2 is 1.94 bits per heavy atom. The summed E-state index contributed by atoms with van der Waals surface area (Å²) >= 11 is 0. The number of nitrogens with zero attached hydrogens (tertiary/aromatic N) is 2. The van der Waals surface area contributed by atoms with E-state index in [2.05, 4.69) is 32.3 Å². The first-order valence-corrected chi connectivity index (χ1v) is 13.7. The monoisotopic (exact) mass is 504 g/mol. The first-order valence-electron chi connectivity index (χ1n) is 12.0. The average molecular weight is 504 g/mol. The topological polar surface area (TPSA) is 62.4 Å². The molecular weight excluding hydrogens is 476 g/mol. The Labute approximate surface area is 202 Å². The van der Waals surface area contributed by atoms with Gasteiger partial charge in [0.05, 0.1) is 37.6 Å². The van der Waals surface area contributed by atoms with Gasteiger partial charge in [-0.25, -0.2) is 4.98 Å². The van der Waals surface area contributed by atoms with E-state index in [9.17, 15) is 13.2 Å². The Bertz CT molecular complexity index is 1230. The van der Waals surface area contributed by atoms with Gasteiger partial charge >= 0.3 is 6.18 Å². The number of hydrogen-bond donors (Lipinski definition) is 2. The lowest BCUT2D eigenvalue weighted by molar-refractivity contribution is -0.136. The van der Waals surface area contributed by atoms with Crippen molar-refractivity contribution in [3.8, 4) is 5.75 Å². The van der Waals surface area contributed by atoms with Crippen LogP contribution in [-0.4, -0.2) is 66.6 Å². The first kappa shape index (κ1) is 23.1. The largest absolute Gasteiger partial charge is 0.495 e. The molecule has 0 spiro atoms. The molecule has 0 atom stereocenters. The number of ether oxygens (including phenoxy) is 2. The van der Waals surface area contributed by atoms with Crippen LogP contribution in [0.15, 0.2) is 30.5 Å². The summed E-state index contributed by atoms with van der Waals surface area (Å²) in [6, 6.07) is 8.61. The molecule has 0 unspecified atom stereocenters. The number of aromatic amines is 1. The van der Waals surface area contributed by atoms with Gasteiger partial charge in [-0.3, -0.25) is 4.90 Å². The molecule has 0 bridgehead atoms. The number of methoxy groups -OCH3 is 1. The molecule has 1 aliphatic carbocycles. The molecule has 6 nitrogen and oxygen atoms in total. The number of alkyl halides is 3. The second kappa shape index (κ2) is 8.95. The number of rotatable bonds is 6. The van der Waals surface area contributed by atoms with E-state index in [0.29, 0.717) is 17.4 Å². The highest BCUT2D eigenvalue weighted by Gasteiger charge is 2.37. The van der Waals surface area contributed by atoms with Crippen molar-refractivity contribution in [2.24, 2.45) is 0 Å². The zero-order chi connectivity index (χ0) is 24.2. The van der Waals surface area contributed by atoms with E-state index in [1.165, 1.54) is 17.6 Å². The van der Waals surface area contributed by atoms with E-state index >= 15 is 0 Å². The average Bonchev–Trinajstić information content (AvgIpc) is 3.56. The van der Waals surface area contributed by atoms with Gasteiger partial charge in [0.25, 0.3) is 0 Å². The van der Waals surface area contributed by atoms with Gasteiger partial charge < -0.3 is 19.8 Å². The molecule has 186 valence electrons. The Balaban J connectivity index is 1.24. The first-order chi connectivity index (χ1) is 16.9. The molecule has 6 rings (SSSR count). The Morgan fingerprint density at radius 3 is 2.57 bits per heavy atom. The number of fused-ring (bicyclic) bond motifs is 1. The molecule has 10 heteroatoms. The van der Waals surface area contributed by atoms with Crippen LogP contribution in [0.25, 0.3) is 11.0 Å². The number of nitrogens with one attached hydrogen (secondary N) is 2. The van der Waals surface area contributed by atoms with Crippen LogP contribution in [0.5, 0.6) is 5.75 Å². The Morgan fingerprint density at radius 1 is 1.17 bits per heavy atom. The van der Waals surface area contributed by atoms with Crippen LogP contribution < -0.4 is 15.4 Å². The fourth-order valence-electron chi connectivity index (χ4n) is 5.07. The maximum atomic E-state index is 13.5. The number of benzene rings is 1. The molecular formula is C25H28F3N4O2P. The van der Waals surface area contributed by atoms with Crippen molar-refractivity contribution in [1.29, 1.82) is 0 Å². The predicted molar refractivity (Wildman–Crippen MR) is 132 cm³/mol. The van der Waals surface area contributed by atoms with Gasteiger partial charge in [0, 0.05) is 24.7 Å². The standard InChI is InChI=1S/C25H28F3N4O2P/c1-33-21-10-17(35-8-6-32(7-9-35)16-13-34-14-16)4-5-20(21)30-22-11-18(15-2-3-15)23-19(25(26,27)28)12-29-24(23)31-22/h4-5,10-12,15-16H,2-3,6-9,13-14H2,1H3,(H2,29,30,31). The number of hydrogen-bond acceptors (Lipinski definition) is 5. The summed E-state index contributed by atoms with van der Waals surface area (Å²) in [6.45, 7) is 3.92. The van der Waals surface area contributed by atoms with Gasteiger partial charge in [-0.2, -0.15) is 13.2 Å². The zero-order valence-corrected chi connectivity index (χ0v) is 20.4. The molecule has 2 aromatic heterocycles. The molecule has 4 heterocycles. The highest BCUT2D eigenvalue weighted by Crippen LogP contribution is 2.47. The molecule has 3 aliphatic rings. The van der Waals surface area contributed by atoms with Gasteiger partial charge in [-0.15, -0.1) is 0 Å². The predicted octanol–water partition coefficient (Wildman–Crippen LogP) is 5.03. The molecule has 1 saturated carbocycles. The minimum Gasteiger partial charge on any atom is -0.495 e. The smallest absolute Gasteiger partial charge is 0.418 e. The molecule has 2 N–H and O–H groups in total. The summed E-state index contributed by atoms with van der Waals surface area (Å²) in [5.41, 5.74) is 1.07. The SMILES string of the molecule is COc1cc(P2CCN(C3COC3)CC2)ccc1Nc1cc(C2CC2)c2c(C(F)(F)F)c[nH]c2n1. The quantitative estimate of drug-likeness (QED) is 0.461. The number of H-pyrrole nitrogens is 1. The van der Waals surface area contributed by atoms with Crippen LogP contribution >= 0.6 is 7.92 Å². The molecule has 2 saturated heterocycles. The van der Waals surface area contributed by atoms with Crippen molar-refractivity contribution < 1.29 is 22.6 Å². The summed E-state index contributed by atoms with van der Waals surface area (Å²) < 4.78 is 51.7. The molecule has 2 aliphatic heterocycles. The number of pyridine rings is 1. The lowest BCUT2D eigenvalue weighted by atomic mass is 10.0. The maximum absolute atomic E-state index is 13.5. The molecule has 0 radical (unpaired) electrons. The van der Waals surface area contributed by atoms with Crippen LogP contribution in [0, 0.1) is 0 Å². The second-order valence-corrected chi connectivity index (χ2v) is 12.0. The van der Waals surface area contributed by atoms with Crippen molar-refractivity contribution in [3.63, 3.8) is 0 Å². The summed E-state index contributed by atoms with van der Waals surface area (Å²) in [4.78, 5) is 9.74.